The molecule has 0 aromatic carbocycles. The molecule has 3 aromatic heterocycles. The van der Waals surface area contributed by atoms with Gasteiger partial charge in [0.25, 0.3) is 0 Å². The zero-order chi connectivity index (χ0) is 17.1. The van der Waals surface area contributed by atoms with Gasteiger partial charge in [-0.2, -0.15) is 0 Å². The third-order valence-corrected chi connectivity index (χ3v) is 4.75. The van der Waals surface area contributed by atoms with E-state index in [0.717, 1.165) is 46.9 Å². The van der Waals surface area contributed by atoms with Gasteiger partial charge in [0, 0.05) is 36.1 Å². The van der Waals surface area contributed by atoms with Crippen molar-refractivity contribution < 1.29 is 8.78 Å². The van der Waals surface area contributed by atoms with Crippen LogP contribution in [0, 0.1) is 0 Å². The van der Waals surface area contributed by atoms with Gasteiger partial charge < -0.3 is 4.57 Å². The number of hydrogen-bond donors (Lipinski definition) is 0. The molecule has 24 heavy (non-hydrogen) atoms. The standard InChI is InChI=1S/C17H18F2N4S/c1-3-4-11-7-13-17(21-8-11)23(2)16(22-13)12-5-6-20-9-14(12)24-10-15(18)19/h5-9,15H,3-4,10H2,1-2H3. The van der Waals surface area contributed by atoms with Crippen LogP contribution in [0.5, 0.6) is 0 Å². The molecular weight excluding hydrogens is 330 g/mol. The molecule has 0 amide bonds. The van der Waals surface area contributed by atoms with Gasteiger partial charge in [-0.3, -0.25) is 4.98 Å². The highest BCUT2D eigenvalue weighted by molar-refractivity contribution is 7.99. The van der Waals surface area contributed by atoms with Gasteiger partial charge in [0.1, 0.15) is 11.3 Å². The van der Waals surface area contributed by atoms with Crippen molar-refractivity contribution in [2.75, 3.05) is 5.75 Å². The molecule has 126 valence electrons. The number of rotatable bonds is 6. The zero-order valence-electron chi connectivity index (χ0n) is 13.5. The fraction of sp³-hybridized carbons (Fsp3) is 0.353. The van der Waals surface area contributed by atoms with E-state index in [1.165, 1.54) is 0 Å². The third kappa shape index (κ3) is 3.40. The smallest absolute Gasteiger partial charge is 0.247 e. The Morgan fingerprint density at radius 1 is 1.29 bits per heavy atom. The third-order valence-electron chi connectivity index (χ3n) is 3.69. The van der Waals surface area contributed by atoms with E-state index in [4.69, 9.17) is 0 Å². The summed E-state index contributed by atoms with van der Waals surface area (Å²) in [5.41, 5.74) is 3.55. The van der Waals surface area contributed by atoms with Crippen LogP contribution in [-0.4, -0.2) is 31.7 Å². The van der Waals surface area contributed by atoms with Crippen molar-refractivity contribution in [3.05, 3.63) is 36.3 Å². The van der Waals surface area contributed by atoms with Gasteiger partial charge in [-0.1, -0.05) is 13.3 Å². The number of hydrogen-bond acceptors (Lipinski definition) is 4. The minimum Gasteiger partial charge on any atom is -0.312 e. The van der Waals surface area contributed by atoms with Crippen LogP contribution >= 0.6 is 11.8 Å². The largest absolute Gasteiger partial charge is 0.312 e. The second-order valence-corrected chi connectivity index (χ2v) is 6.57. The summed E-state index contributed by atoms with van der Waals surface area (Å²) in [7, 11) is 1.89. The van der Waals surface area contributed by atoms with Crippen LogP contribution in [0.1, 0.15) is 18.9 Å². The molecule has 3 aromatic rings. The highest BCUT2D eigenvalue weighted by atomic mass is 32.2. The molecule has 0 bridgehead atoms. The van der Waals surface area contributed by atoms with Gasteiger partial charge in [0.15, 0.2) is 5.65 Å². The Labute approximate surface area is 143 Å². The van der Waals surface area contributed by atoms with Crippen LogP contribution < -0.4 is 0 Å². The fourth-order valence-electron chi connectivity index (χ4n) is 2.62. The van der Waals surface area contributed by atoms with Gasteiger partial charge >= 0.3 is 0 Å². The normalized spacial score (nSPS) is 11.5. The Morgan fingerprint density at radius 3 is 2.88 bits per heavy atom. The number of aromatic nitrogens is 4. The second-order valence-electron chi connectivity index (χ2n) is 5.50. The summed E-state index contributed by atoms with van der Waals surface area (Å²) >= 11 is 1.09. The van der Waals surface area contributed by atoms with E-state index in [1.807, 2.05) is 29.9 Å². The molecule has 0 N–H and O–H groups in total. The maximum atomic E-state index is 12.5. The van der Waals surface area contributed by atoms with Crippen LogP contribution in [0.2, 0.25) is 0 Å². The average Bonchev–Trinajstić information content (AvgIpc) is 2.90. The Hall–Kier alpha value is -2.02. The summed E-state index contributed by atoms with van der Waals surface area (Å²) in [6.45, 7) is 2.12. The number of alkyl halides is 2. The highest BCUT2D eigenvalue weighted by Gasteiger charge is 2.16. The van der Waals surface area contributed by atoms with E-state index in [-0.39, 0.29) is 5.75 Å². The number of pyridine rings is 2. The fourth-order valence-corrected chi connectivity index (χ4v) is 3.37. The highest BCUT2D eigenvalue weighted by Crippen LogP contribution is 2.32. The van der Waals surface area contributed by atoms with E-state index in [1.54, 1.807) is 12.4 Å². The molecular formula is C17H18F2N4S. The lowest BCUT2D eigenvalue weighted by Crippen LogP contribution is -1.98. The van der Waals surface area contributed by atoms with Gasteiger partial charge in [0.05, 0.1) is 5.75 Å². The number of aryl methyl sites for hydroxylation is 2. The maximum absolute atomic E-state index is 12.5. The number of halogens is 2. The second kappa shape index (κ2) is 7.25. The van der Waals surface area contributed by atoms with Gasteiger partial charge in [-0.25, -0.2) is 18.7 Å². The van der Waals surface area contributed by atoms with Gasteiger partial charge in [0.2, 0.25) is 6.43 Å². The first-order chi connectivity index (χ1) is 11.6. The average molecular weight is 348 g/mol. The van der Waals surface area contributed by atoms with E-state index >= 15 is 0 Å². The Balaban J connectivity index is 2.04. The molecule has 7 heteroatoms. The van der Waals surface area contributed by atoms with Crippen LogP contribution in [0.3, 0.4) is 0 Å². The molecule has 0 aliphatic rings. The summed E-state index contributed by atoms with van der Waals surface area (Å²) in [5, 5.41) is 0. The topological polar surface area (TPSA) is 43.6 Å². The van der Waals surface area contributed by atoms with Crippen LogP contribution in [0.15, 0.2) is 35.6 Å². The molecule has 0 radical (unpaired) electrons. The number of fused-ring (bicyclic) bond motifs is 1. The molecule has 3 heterocycles. The Bertz CT molecular complexity index is 848. The molecule has 4 nitrogen and oxygen atoms in total. The number of nitrogens with zero attached hydrogens (tertiary/aromatic N) is 4. The predicted molar refractivity (Wildman–Crippen MR) is 92.5 cm³/mol. The summed E-state index contributed by atoms with van der Waals surface area (Å²) < 4.78 is 27.0. The number of imidazole rings is 1. The van der Waals surface area contributed by atoms with E-state index in [9.17, 15) is 8.78 Å². The van der Waals surface area contributed by atoms with Crippen molar-refractivity contribution >= 4 is 22.9 Å². The summed E-state index contributed by atoms with van der Waals surface area (Å²) in [5.74, 6) is 0.451. The summed E-state index contributed by atoms with van der Waals surface area (Å²) in [6.07, 6.45) is 4.78. The van der Waals surface area contributed by atoms with Crippen molar-refractivity contribution in [2.45, 2.75) is 31.1 Å². The molecule has 0 saturated heterocycles. The SMILES string of the molecule is CCCc1cnc2c(c1)nc(-c1ccncc1SCC(F)F)n2C. The first-order valence-electron chi connectivity index (χ1n) is 7.76. The molecule has 0 atom stereocenters. The van der Waals surface area contributed by atoms with Crippen molar-refractivity contribution in [2.24, 2.45) is 7.05 Å². The van der Waals surface area contributed by atoms with Gasteiger partial charge in [-0.15, -0.1) is 11.8 Å². The van der Waals surface area contributed by atoms with Gasteiger partial charge in [-0.05, 0) is 24.1 Å². The zero-order valence-corrected chi connectivity index (χ0v) is 14.4. The maximum Gasteiger partial charge on any atom is 0.247 e. The predicted octanol–water partition coefficient (Wildman–Crippen LogP) is 4.34. The Kier molecular flexibility index (Phi) is 5.08. The van der Waals surface area contributed by atoms with Crippen LogP contribution in [-0.2, 0) is 13.5 Å². The molecule has 0 aliphatic heterocycles. The lowest BCUT2D eigenvalue weighted by molar-refractivity contribution is 0.177. The van der Waals surface area contributed by atoms with E-state index < -0.39 is 6.43 Å². The van der Waals surface area contributed by atoms with E-state index in [0.29, 0.717) is 10.7 Å². The summed E-state index contributed by atoms with van der Waals surface area (Å²) in [6, 6.07) is 3.85. The van der Waals surface area contributed by atoms with Crippen LogP contribution in [0.25, 0.3) is 22.6 Å². The van der Waals surface area contributed by atoms with Crippen molar-refractivity contribution in [3.63, 3.8) is 0 Å². The molecule has 0 saturated carbocycles. The van der Waals surface area contributed by atoms with Crippen molar-refractivity contribution in [1.29, 1.82) is 0 Å². The van der Waals surface area contributed by atoms with Crippen LogP contribution in [0.4, 0.5) is 8.78 Å². The monoisotopic (exact) mass is 348 g/mol. The minimum absolute atomic E-state index is 0.262. The molecule has 0 unspecified atom stereocenters. The summed E-state index contributed by atoms with van der Waals surface area (Å²) in [4.78, 5) is 13.9. The minimum atomic E-state index is -2.36. The molecule has 3 rings (SSSR count). The first kappa shape index (κ1) is 16.8. The Morgan fingerprint density at radius 2 is 2.12 bits per heavy atom. The van der Waals surface area contributed by atoms with Crippen molar-refractivity contribution in [3.8, 4) is 11.4 Å². The molecule has 0 fully saturated rings. The number of thioether (sulfide) groups is 1. The molecule has 0 spiro atoms. The molecule has 0 aliphatic carbocycles. The lowest BCUT2D eigenvalue weighted by atomic mass is 10.2. The van der Waals surface area contributed by atoms with E-state index in [2.05, 4.69) is 21.9 Å². The quantitative estimate of drug-likeness (QED) is 0.622. The lowest BCUT2D eigenvalue weighted by Gasteiger charge is -2.08. The van der Waals surface area contributed by atoms with Crippen molar-refractivity contribution in [1.82, 2.24) is 19.5 Å². The first-order valence-corrected chi connectivity index (χ1v) is 8.75.